The minimum atomic E-state index is -3.62. The van der Waals surface area contributed by atoms with Crippen LogP contribution in [0.1, 0.15) is 6.92 Å². The highest BCUT2D eigenvalue weighted by Crippen LogP contribution is 2.19. The Labute approximate surface area is 120 Å². The van der Waals surface area contributed by atoms with Gasteiger partial charge in [0, 0.05) is 20.7 Å². The largest absolute Gasteiger partial charge is 0.494 e. The second-order valence-corrected chi connectivity index (χ2v) is 6.34. The summed E-state index contributed by atoms with van der Waals surface area (Å²) in [6.07, 6.45) is -0.859. The number of ether oxygens (including phenoxy) is 2. The number of hydrogen-bond acceptors (Lipinski definition) is 5. The van der Waals surface area contributed by atoms with Crippen molar-refractivity contribution in [3.8, 4) is 5.75 Å². The topological polar surface area (TPSA) is 76.1 Å². The van der Waals surface area contributed by atoms with Crippen molar-refractivity contribution in [2.24, 2.45) is 0 Å². The van der Waals surface area contributed by atoms with E-state index in [-0.39, 0.29) is 18.0 Å². The fourth-order valence-electron chi connectivity index (χ4n) is 1.69. The van der Waals surface area contributed by atoms with Gasteiger partial charge in [-0.05, 0) is 31.2 Å². The lowest BCUT2D eigenvalue weighted by Gasteiger charge is -2.20. The summed E-state index contributed by atoms with van der Waals surface area (Å²) < 4.78 is 35.7. The molecule has 0 heterocycles. The van der Waals surface area contributed by atoms with Crippen molar-refractivity contribution in [1.29, 1.82) is 0 Å². The molecule has 1 unspecified atom stereocenters. The van der Waals surface area contributed by atoms with Crippen LogP contribution >= 0.6 is 0 Å². The molecule has 0 fully saturated rings. The van der Waals surface area contributed by atoms with Crippen molar-refractivity contribution < 1.29 is 23.0 Å². The summed E-state index contributed by atoms with van der Waals surface area (Å²) in [4.78, 5) is 0.160. The number of sulfonamides is 1. The molecule has 114 valence electrons. The SMILES string of the molecule is CCOc1ccc(S(=O)(=O)N(C)CC(O)COC)cc1. The lowest BCUT2D eigenvalue weighted by molar-refractivity contribution is 0.0554. The highest BCUT2D eigenvalue weighted by atomic mass is 32.2. The van der Waals surface area contributed by atoms with Gasteiger partial charge < -0.3 is 14.6 Å². The maximum absolute atomic E-state index is 12.3. The van der Waals surface area contributed by atoms with Gasteiger partial charge in [0.15, 0.2) is 0 Å². The molecule has 0 aliphatic heterocycles. The van der Waals surface area contributed by atoms with Gasteiger partial charge in [0.25, 0.3) is 0 Å². The van der Waals surface area contributed by atoms with E-state index in [2.05, 4.69) is 0 Å². The van der Waals surface area contributed by atoms with Crippen LogP contribution in [0.4, 0.5) is 0 Å². The Morgan fingerprint density at radius 2 is 1.90 bits per heavy atom. The van der Waals surface area contributed by atoms with Gasteiger partial charge in [-0.3, -0.25) is 0 Å². The third-order valence-corrected chi connectivity index (χ3v) is 4.51. The van der Waals surface area contributed by atoms with E-state index in [1.54, 1.807) is 12.1 Å². The molecule has 0 saturated heterocycles. The van der Waals surface area contributed by atoms with Crippen LogP contribution in [0.15, 0.2) is 29.2 Å². The molecule has 0 spiro atoms. The molecule has 0 aliphatic carbocycles. The van der Waals surface area contributed by atoms with Crippen molar-refractivity contribution in [2.75, 3.05) is 33.9 Å². The number of methoxy groups -OCH3 is 1. The van der Waals surface area contributed by atoms with Gasteiger partial charge in [-0.2, -0.15) is 4.31 Å². The smallest absolute Gasteiger partial charge is 0.242 e. The molecule has 0 bridgehead atoms. The van der Waals surface area contributed by atoms with Gasteiger partial charge >= 0.3 is 0 Å². The van der Waals surface area contributed by atoms with Crippen molar-refractivity contribution in [1.82, 2.24) is 4.31 Å². The number of likely N-dealkylation sites (N-methyl/N-ethyl adjacent to an activating group) is 1. The summed E-state index contributed by atoms with van der Waals surface area (Å²) >= 11 is 0. The second kappa shape index (κ2) is 7.58. The first-order valence-electron chi connectivity index (χ1n) is 6.28. The van der Waals surface area contributed by atoms with Crippen LogP contribution in [0.25, 0.3) is 0 Å². The third kappa shape index (κ3) is 4.45. The molecule has 6 nitrogen and oxygen atoms in total. The highest BCUT2D eigenvalue weighted by Gasteiger charge is 2.23. The lowest BCUT2D eigenvalue weighted by Crippen LogP contribution is -2.36. The van der Waals surface area contributed by atoms with E-state index in [9.17, 15) is 13.5 Å². The van der Waals surface area contributed by atoms with Gasteiger partial charge in [-0.1, -0.05) is 0 Å². The number of benzene rings is 1. The normalized spacial score (nSPS) is 13.4. The molecule has 20 heavy (non-hydrogen) atoms. The molecule has 1 rings (SSSR count). The van der Waals surface area contributed by atoms with E-state index >= 15 is 0 Å². The van der Waals surface area contributed by atoms with Crippen LogP contribution in [0.5, 0.6) is 5.75 Å². The molecule has 0 amide bonds. The quantitative estimate of drug-likeness (QED) is 0.765. The fraction of sp³-hybridized carbons (Fsp3) is 0.538. The Morgan fingerprint density at radius 3 is 2.40 bits per heavy atom. The van der Waals surface area contributed by atoms with Crippen LogP contribution in [-0.2, 0) is 14.8 Å². The Kier molecular flexibility index (Phi) is 6.41. The molecule has 0 radical (unpaired) electrons. The summed E-state index contributed by atoms with van der Waals surface area (Å²) in [5.41, 5.74) is 0. The minimum absolute atomic E-state index is 0.0244. The average Bonchev–Trinajstić information content (AvgIpc) is 2.40. The van der Waals surface area contributed by atoms with Gasteiger partial charge in [-0.15, -0.1) is 0 Å². The standard InChI is InChI=1S/C13H21NO5S/c1-4-19-12-5-7-13(8-6-12)20(16,17)14(2)9-11(15)10-18-3/h5-8,11,15H,4,9-10H2,1-3H3. The van der Waals surface area contributed by atoms with E-state index in [1.165, 1.54) is 26.3 Å². The monoisotopic (exact) mass is 303 g/mol. The number of hydrogen-bond donors (Lipinski definition) is 1. The Hall–Kier alpha value is -1.15. The van der Waals surface area contributed by atoms with Gasteiger partial charge in [0.1, 0.15) is 5.75 Å². The van der Waals surface area contributed by atoms with Crippen molar-refractivity contribution in [2.45, 2.75) is 17.9 Å². The van der Waals surface area contributed by atoms with E-state index in [0.717, 1.165) is 4.31 Å². The average molecular weight is 303 g/mol. The first-order chi connectivity index (χ1) is 9.41. The number of rotatable bonds is 8. The molecule has 0 aliphatic rings. The zero-order chi connectivity index (χ0) is 15.2. The van der Waals surface area contributed by atoms with Crippen LogP contribution in [0.3, 0.4) is 0 Å². The van der Waals surface area contributed by atoms with E-state index in [0.29, 0.717) is 12.4 Å². The molecule has 1 atom stereocenters. The van der Waals surface area contributed by atoms with Gasteiger partial charge in [0.05, 0.1) is 24.2 Å². The minimum Gasteiger partial charge on any atom is -0.494 e. The summed E-state index contributed by atoms with van der Waals surface area (Å²) in [5.74, 6) is 0.619. The van der Waals surface area contributed by atoms with Crippen LogP contribution < -0.4 is 4.74 Å². The molecular weight excluding hydrogens is 282 g/mol. The summed E-state index contributed by atoms with van der Waals surface area (Å²) in [5, 5.41) is 9.59. The predicted molar refractivity (Wildman–Crippen MR) is 75.3 cm³/mol. The number of aliphatic hydroxyl groups excluding tert-OH is 1. The molecule has 1 N–H and O–H groups in total. The van der Waals surface area contributed by atoms with Crippen LogP contribution in [-0.4, -0.2) is 57.8 Å². The van der Waals surface area contributed by atoms with Crippen LogP contribution in [0.2, 0.25) is 0 Å². The summed E-state index contributed by atoms with van der Waals surface area (Å²) in [6, 6.07) is 6.19. The third-order valence-electron chi connectivity index (χ3n) is 2.67. The summed E-state index contributed by atoms with van der Waals surface area (Å²) in [6.45, 7) is 2.44. The zero-order valence-corrected chi connectivity index (χ0v) is 12.8. The first kappa shape index (κ1) is 16.9. The van der Waals surface area contributed by atoms with E-state index in [4.69, 9.17) is 9.47 Å². The van der Waals surface area contributed by atoms with E-state index < -0.39 is 16.1 Å². The maximum atomic E-state index is 12.3. The second-order valence-electron chi connectivity index (χ2n) is 4.30. The van der Waals surface area contributed by atoms with Crippen molar-refractivity contribution >= 4 is 10.0 Å². The Morgan fingerprint density at radius 1 is 1.30 bits per heavy atom. The number of nitrogens with zero attached hydrogens (tertiary/aromatic N) is 1. The van der Waals surface area contributed by atoms with Crippen LogP contribution in [0, 0.1) is 0 Å². The predicted octanol–water partition coefficient (Wildman–Crippen LogP) is 0.713. The zero-order valence-electron chi connectivity index (χ0n) is 11.9. The molecular formula is C13H21NO5S. The maximum Gasteiger partial charge on any atom is 0.242 e. The highest BCUT2D eigenvalue weighted by molar-refractivity contribution is 7.89. The fourth-order valence-corrected chi connectivity index (χ4v) is 2.90. The first-order valence-corrected chi connectivity index (χ1v) is 7.72. The van der Waals surface area contributed by atoms with Crippen molar-refractivity contribution in [3.63, 3.8) is 0 Å². The Bertz CT molecular complexity index is 500. The molecule has 7 heteroatoms. The lowest BCUT2D eigenvalue weighted by atomic mass is 10.3. The van der Waals surface area contributed by atoms with Gasteiger partial charge in [0.2, 0.25) is 10.0 Å². The van der Waals surface area contributed by atoms with E-state index in [1.807, 2.05) is 6.92 Å². The van der Waals surface area contributed by atoms with Crippen molar-refractivity contribution in [3.05, 3.63) is 24.3 Å². The molecule has 1 aromatic rings. The Balaban J connectivity index is 2.81. The molecule has 0 saturated carbocycles. The number of aliphatic hydroxyl groups is 1. The molecule has 1 aromatic carbocycles. The van der Waals surface area contributed by atoms with Gasteiger partial charge in [-0.25, -0.2) is 8.42 Å². The summed E-state index contributed by atoms with van der Waals surface area (Å²) in [7, 11) is -0.752. The molecule has 0 aromatic heterocycles.